The van der Waals surface area contributed by atoms with Crippen molar-refractivity contribution >= 4 is 23.2 Å². The molecule has 168 valence electrons. The molecule has 2 aromatic heterocycles. The van der Waals surface area contributed by atoms with Gasteiger partial charge in [-0.2, -0.15) is 0 Å². The molecule has 0 N–H and O–H groups in total. The van der Waals surface area contributed by atoms with Crippen molar-refractivity contribution in [1.82, 2.24) is 9.80 Å². The van der Waals surface area contributed by atoms with E-state index in [1.54, 1.807) is 28.4 Å². The zero-order valence-corrected chi connectivity index (χ0v) is 19.2. The summed E-state index contributed by atoms with van der Waals surface area (Å²) in [6.07, 6.45) is 3.04. The normalized spacial score (nSPS) is 16.3. The van der Waals surface area contributed by atoms with Crippen LogP contribution < -0.4 is 4.74 Å². The Morgan fingerprint density at radius 2 is 2.03 bits per heavy atom. The van der Waals surface area contributed by atoms with Gasteiger partial charge in [0, 0.05) is 17.5 Å². The van der Waals surface area contributed by atoms with Crippen LogP contribution >= 0.6 is 11.3 Å². The van der Waals surface area contributed by atoms with Crippen molar-refractivity contribution in [2.45, 2.75) is 38.8 Å². The predicted molar refractivity (Wildman–Crippen MR) is 124 cm³/mol. The van der Waals surface area contributed by atoms with Crippen LogP contribution in [0.3, 0.4) is 0 Å². The summed E-state index contributed by atoms with van der Waals surface area (Å²) in [6.45, 7) is 4.95. The first-order chi connectivity index (χ1) is 15.6. The first-order valence-electron chi connectivity index (χ1n) is 11.0. The number of nitrogens with zero attached hydrogens (tertiary/aromatic N) is 2. The molecule has 1 aliphatic heterocycles. The quantitative estimate of drug-likeness (QED) is 0.493. The van der Waals surface area contributed by atoms with Crippen LogP contribution in [-0.2, 0) is 11.2 Å². The fourth-order valence-electron chi connectivity index (χ4n) is 3.99. The molecule has 1 aromatic carbocycles. The van der Waals surface area contributed by atoms with Gasteiger partial charge in [0.1, 0.15) is 18.9 Å². The summed E-state index contributed by atoms with van der Waals surface area (Å²) in [5.41, 5.74) is 1.14. The van der Waals surface area contributed by atoms with E-state index in [2.05, 4.69) is 11.4 Å². The number of furan rings is 1. The lowest BCUT2D eigenvalue weighted by Crippen LogP contribution is -2.49. The van der Waals surface area contributed by atoms with Gasteiger partial charge < -0.3 is 19.0 Å². The molecule has 0 radical (unpaired) electrons. The number of para-hydroxylation sites is 1. The van der Waals surface area contributed by atoms with Crippen LogP contribution in [0.2, 0.25) is 0 Å². The molecule has 0 fully saturated rings. The number of carbonyl (C=O) groups is 2. The lowest BCUT2D eigenvalue weighted by Gasteiger charge is -2.37. The van der Waals surface area contributed by atoms with Crippen molar-refractivity contribution < 1.29 is 18.7 Å². The van der Waals surface area contributed by atoms with E-state index in [1.807, 2.05) is 49.1 Å². The Morgan fingerprint density at radius 1 is 1.22 bits per heavy atom. The van der Waals surface area contributed by atoms with E-state index in [0.717, 1.165) is 24.2 Å². The second kappa shape index (κ2) is 10.0. The van der Waals surface area contributed by atoms with Crippen molar-refractivity contribution in [3.05, 3.63) is 76.4 Å². The standard InChI is InChI=1S/C25H28N2O4S/c1-3-18(2)27(25(29)22-10-7-14-30-22)16-24(28)26-13-11-23-20(12-15-32-23)21(26)17-31-19-8-5-4-6-9-19/h4-10,12,14-15,18,21H,3,11,13,16-17H2,1-2H3/t18-,21+/m0/s1. The Balaban J connectivity index is 1.53. The summed E-state index contributed by atoms with van der Waals surface area (Å²) >= 11 is 1.72. The van der Waals surface area contributed by atoms with E-state index in [1.165, 1.54) is 11.1 Å². The molecule has 0 unspecified atom stereocenters. The molecule has 3 heterocycles. The van der Waals surface area contributed by atoms with E-state index < -0.39 is 0 Å². The average molecular weight is 453 g/mol. The van der Waals surface area contributed by atoms with Gasteiger partial charge >= 0.3 is 0 Å². The largest absolute Gasteiger partial charge is 0.491 e. The van der Waals surface area contributed by atoms with Crippen molar-refractivity contribution in [1.29, 1.82) is 0 Å². The molecule has 6 nitrogen and oxygen atoms in total. The molecule has 32 heavy (non-hydrogen) atoms. The topological polar surface area (TPSA) is 63.0 Å². The molecule has 0 saturated carbocycles. The Morgan fingerprint density at radius 3 is 2.75 bits per heavy atom. The Labute approximate surface area is 192 Å². The van der Waals surface area contributed by atoms with Crippen molar-refractivity contribution in [3.8, 4) is 5.75 Å². The third kappa shape index (κ3) is 4.72. The van der Waals surface area contributed by atoms with Gasteiger partial charge in [0.15, 0.2) is 5.76 Å². The number of benzene rings is 1. The average Bonchev–Trinajstić information content (AvgIpc) is 3.53. The predicted octanol–water partition coefficient (Wildman–Crippen LogP) is 4.79. The van der Waals surface area contributed by atoms with Gasteiger partial charge in [0.2, 0.25) is 5.91 Å². The van der Waals surface area contributed by atoms with Gasteiger partial charge in [-0.05, 0) is 61.0 Å². The van der Waals surface area contributed by atoms with Crippen LogP contribution in [0.1, 0.15) is 47.3 Å². The summed E-state index contributed by atoms with van der Waals surface area (Å²) in [4.78, 5) is 31.3. The number of rotatable bonds is 8. The van der Waals surface area contributed by atoms with Crippen LogP contribution in [0.15, 0.2) is 64.6 Å². The summed E-state index contributed by atoms with van der Waals surface area (Å²) in [5, 5.41) is 2.07. The van der Waals surface area contributed by atoms with E-state index in [9.17, 15) is 9.59 Å². The van der Waals surface area contributed by atoms with Crippen molar-refractivity contribution in [3.63, 3.8) is 0 Å². The zero-order valence-electron chi connectivity index (χ0n) is 18.4. The van der Waals surface area contributed by atoms with Gasteiger partial charge in [-0.3, -0.25) is 9.59 Å². The van der Waals surface area contributed by atoms with Gasteiger partial charge in [0.05, 0.1) is 12.3 Å². The van der Waals surface area contributed by atoms with Crippen LogP contribution in [-0.4, -0.2) is 47.4 Å². The highest BCUT2D eigenvalue weighted by Gasteiger charge is 2.34. The van der Waals surface area contributed by atoms with E-state index in [-0.39, 0.29) is 36.2 Å². The highest BCUT2D eigenvalue weighted by Crippen LogP contribution is 2.34. The molecule has 1 aliphatic rings. The van der Waals surface area contributed by atoms with E-state index in [4.69, 9.17) is 9.15 Å². The van der Waals surface area contributed by atoms with Crippen LogP contribution in [0.4, 0.5) is 0 Å². The third-order valence-corrected chi connectivity index (χ3v) is 6.98. The molecule has 7 heteroatoms. The first-order valence-corrected chi connectivity index (χ1v) is 11.8. The highest BCUT2D eigenvalue weighted by atomic mass is 32.1. The third-order valence-electron chi connectivity index (χ3n) is 5.99. The second-order valence-corrected chi connectivity index (χ2v) is 8.94. The maximum atomic E-state index is 13.5. The number of thiophene rings is 1. The Kier molecular flexibility index (Phi) is 6.95. The molecule has 2 amide bonds. The SMILES string of the molecule is CC[C@H](C)N(CC(=O)N1CCc2sccc2[C@H]1COc1ccccc1)C(=O)c1ccco1. The second-order valence-electron chi connectivity index (χ2n) is 7.94. The van der Waals surface area contributed by atoms with Gasteiger partial charge in [-0.15, -0.1) is 11.3 Å². The van der Waals surface area contributed by atoms with Crippen LogP contribution in [0.5, 0.6) is 5.75 Å². The number of amides is 2. The van der Waals surface area contributed by atoms with Crippen molar-refractivity contribution in [2.75, 3.05) is 19.7 Å². The van der Waals surface area contributed by atoms with Crippen molar-refractivity contribution in [2.24, 2.45) is 0 Å². The van der Waals surface area contributed by atoms with E-state index >= 15 is 0 Å². The van der Waals surface area contributed by atoms with Crippen LogP contribution in [0, 0.1) is 0 Å². The zero-order chi connectivity index (χ0) is 22.5. The lowest BCUT2D eigenvalue weighted by molar-refractivity contribution is -0.136. The molecule has 2 atom stereocenters. The van der Waals surface area contributed by atoms with E-state index in [0.29, 0.717) is 13.2 Å². The minimum absolute atomic E-state index is 0.00977. The molecule has 3 aromatic rings. The number of fused-ring (bicyclic) bond motifs is 1. The summed E-state index contributed by atoms with van der Waals surface area (Å²) in [5.74, 6) is 0.684. The molecule has 0 bridgehead atoms. The fourth-order valence-corrected chi connectivity index (χ4v) is 4.92. The fraction of sp³-hybridized carbons (Fsp3) is 0.360. The first kappa shape index (κ1) is 22.1. The molecule has 0 spiro atoms. The molecular weight excluding hydrogens is 424 g/mol. The minimum Gasteiger partial charge on any atom is -0.491 e. The number of hydrogen-bond donors (Lipinski definition) is 0. The summed E-state index contributed by atoms with van der Waals surface area (Å²) in [6, 6.07) is 14.8. The Bertz CT molecular complexity index is 1030. The smallest absolute Gasteiger partial charge is 0.290 e. The number of hydrogen-bond acceptors (Lipinski definition) is 5. The van der Waals surface area contributed by atoms with Crippen LogP contribution in [0.25, 0.3) is 0 Å². The molecule has 0 aliphatic carbocycles. The van der Waals surface area contributed by atoms with Gasteiger partial charge in [-0.1, -0.05) is 25.1 Å². The molecule has 0 saturated heterocycles. The Hall–Kier alpha value is -3.06. The monoisotopic (exact) mass is 452 g/mol. The molecule has 4 rings (SSSR count). The number of carbonyl (C=O) groups excluding carboxylic acids is 2. The van der Waals surface area contributed by atoms with Gasteiger partial charge in [-0.25, -0.2) is 0 Å². The summed E-state index contributed by atoms with van der Waals surface area (Å²) in [7, 11) is 0. The highest BCUT2D eigenvalue weighted by molar-refractivity contribution is 7.10. The van der Waals surface area contributed by atoms with Gasteiger partial charge in [0.25, 0.3) is 5.91 Å². The molecular formula is C25H28N2O4S. The maximum absolute atomic E-state index is 13.5. The maximum Gasteiger partial charge on any atom is 0.290 e. The number of ether oxygens (including phenoxy) is 1. The minimum atomic E-state index is -0.261. The lowest BCUT2D eigenvalue weighted by atomic mass is 10.00. The summed E-state index contributed by atoms with van der Waals surface area (Å²) < 4.78 is 11.4.